The van der Waals surface area contributed by atoms with E-state index < -0.39 is 6.04 Å². The van der Waals surface area contributed by atoms with E-state index in [0.717, 1.165) is 24.9 Å². The summed E-state index contributed by atoms with van der Waals surface area (Å²) in [7, 11) is 0. The number of carbonyl (C=O) groups excluding carboxylic acids is 2. The molecule has 7 heteroatoms. The summed E-state index contributed by atoms with van der Waals surface area (Å²) in [6.07, 6.45) is 1.93. The molecule has 4 N–H and O–H groups in total. The van der Waals surface area contributed by atoms with Crippen LogP contribution in [0.2, 0.25) is 5.02 Å². The lowest BCUT2D eigenvalue weighted by molar-refractivity contribution is -0.123. The standard InChI is InChI=1S/C18H25ClN4O2/c1-18(2)9-12(7-8-21-18)15(11-3-5-13(19)6-4-11)23-16(24)14-10-20-17(25)22-14/h3-6,12,14-15,21H,7-10H2,1-2H3,(H,23,24)(H2,20,22,25)/t12?,14-,15?/m0/s1. The molecule has 0 bridgehead atoms. The van der Waals surface area contributed by atoms with Crippen molar-refractivity contribution in [2.24, 2.45) is 5.92 Å². The Morgan fingerprint density at radius 3 is 2.64 bits per heavy atom. The fraction of sp³-hybridized carbons (Fsp3) is 0.556. The molecular formula is C18H25ClN4O2. The molecule has 2 saturated heterocycles. The van der Waals surface area contributed by atoms with Crippen LogP contribution in [-0.2, 0) is 4.79 Å². The van der Waals surface area contributed by atoms with Crippen LogP contribution in [-0.4, -0.2) is 36.6 Å². The Kier molecular flexibility index (Phi) is 5.20. The maximum atomic E-state index is 12.6. The number of halogens is 1. The van der Waals surface area contributed by atoms with Gasteiger partial charge < -0.3 is 21.3 Å². The van der Waals surface area contributed by atoms with Crippen LogP contribution < -0.4 is 21.3 Å². The number of hydrogen-bond acceptors (Lipinski definition) is 3. The van der Waals surface area contributed by atoms with E-state index in [2.05, 4.69) is 35.1 Å². The van der Waals surface area contributed by atoms with Gasteiger partial charge in [-0.05, 0) is 56.8 Å². The van der Waals surface area contributed by atoms with Crippen molar-refractivity contribution in [2.45, 2.75) is 44.3 Å². The molecule has 1 aromatic carbocycles. The fourth-order valence-corrected chi connectivity index (χ4v) is 3.85. The monoisotopic (exact) mass is 364 g/mol. The summed E-state index contributed by atoms with van der Waals surface area (Å²) >= 11 is 6.02. The van der Waals surface area contributed by atoms with E-state index in [1.54, 1.807) is 0 Å². The molecule has 3 rings (SSSR count). The van der Waals surface area contributed by atoms with E-state index in [9.17, 15) is 9.59 Å². The highest BCUT2D eigenvalue weighted by Crippen LogP contribution is 2.34. The first kappa shape index (κ1) is 18.0. The van der Waals surface area contributed by atoms with Crippen molar-refractivity contribution in [3.8, 4) is 0 Å². The van der Waals surface area contributed by atoms with Crippen LogP contribution in [0.5, 0.6) is 0 Å². The molecule has 0 aliphatic carbocycles. The van der Waals surface area contributed by atoms with Gasteiger partial charge in [0.2, 0.25) is 5.91 Å². The minimum absolute atomic E-state index is 0.0292. The minimum Gasteiger partial charge on any atom is -0.347 e. The first-order valence-corrected chi connectivity index (χ1v) is 9.07. The topological polar surface area (TPSA) is 82.3 Å². The highest BCUT2D eigenvalue weighted by molar-refractivity contribution is 6.30. The normalized spacial score (nSPS) is 26.4. The van der Waals surface area contributed by atoms with Gasteiger partial charge in [0.1, 0.15) is 6.04 Å². The summed E-state index contributed by atoms with van der Waals surface area (Å²) in [6, 6.07) is 6.69. The molecule has 0 radical (unpaired) electrons. The lowest BCUT2D eigenvalue weighted by Gasteiger charge is -2.40. The van der Waals surface area contributed by atoms with Crippen molar-refractivity contribution in [3.05, 3.63) is 34.9 Å². The van der Waals surface area contributed by atoms with Crippen molar-refractivity contribution < 1.29 is 9.59 Å². The second kappa shape index (κ2) is 7.22. The van der Waals surface area contributed by atoms with E-state index in [1.165, 1.54) is 0 Å². The second-order valence-corrected chi connectivity index (χ2v) is 7.94. The zero-order valence-electron chi connectivity index (χ0n) is 14.6. The Morgan fingerprint density at radius 2 is 2.04 bits per heavy atom. The first-order valence-electron chi connectivity index (χ1n) is 8.69. The second-order valence-electron chi connectivity index (χ2n) is 7.51. The molecule has 2 fully saturated rings. The summed E-state index contributed by atoms with van der Waals surface area (Å²) < 4.78 is 0. The smallest absolute Gasteiger partial charge is 0.315 e. The van der Waals surface area contributed by atoms with Gasteiger partial charge in [0.25, 0.3) is 0 Å². The van der Waals surface area contributed by atoms with E-state index in [0.29, 0.717) is 17.5 Å². The Hall–Kier alpha value is -1.79. The number of benzene rings is 1. The SMILES string of the molecule is CC1(C)CC(C(NC(=O)[C@@H]2CNC(=O)N2)c2ccc(Cl)cc2)CCN1. The maximum Gasteiger partial charge on any atom is 0.315 e. The molecule has 0 saturated carbocycles. The van der Waals surface area contributed by atoms with Gasteiger partial charge in [-0.1, -0.05) is 23.7 Å². The van der Waals surface area contributed by atoms with E-state index in [1.807, 2.05) is 24.3 Å². The van der Waals surface area contributed by atoms with E-state index >= 15 is 0 Å². The number of urea groups is 1. The summed E-state index contributed by atoms with van der Waals surface area (Å²) in [4.78, 5) is 24.0. The van der Waals surface area contributed by atoms with Gasteiger partial charge in [-0.25, -0.2) is 4.79 Å². The third-order valence-corrected chi connectivity index (χ3v) is 5.23. The number of carbonyl (C=O) groups is 2. The highest BCUT2D eigenvalue weighted by Gasteiger charge is 2.36. The maximum absolute atomic E-state index is 12.6. The Labute approximate surface area is 153 Å². The number of hydrogen-bond donors (Lipinski definition) is 4. The molecule has 3 amide bonds. The van der Waals surface area contributed by atoms with Crippen LogP contribution >= 0.6 is 11.6 Å². The number of piperidine rings is 1. The number of rotatable bonds is 4. The fourth-order valence-electron chi connectivity index (χ4n) is 3.72. The van der Waals surface area contributed by atoms with Gasteiger partial charge in [-0.15, -0.1) is 0 Å². The van der Waals surface area contributed by atoms with Gasteiger partial charge in [0, 0.05) is 17.1 Å². The average Bonchev–Trinajstić information content (AvgIpc) is 2.99. The van der Waals surface area contributed by atoms with Crippen LogP contribution in [0.1, 0.15) is 38.3 Å². The van der Waals surface area contributed by atoms with Crippen molar-refractivity contribution in [2.75, 3.05) is 13.1 Å². The van der Waals surface area contributed by atoms with Crippen LogP contribution in [0.25, 0.3) is 0 Å². The molecule has 25 heavy (non-hydrogen) atoms. The summed E-state index contributed by atoms with van der Waals surface area (Å²) in [5, 5.41) is 12.6. The first-order chi connectivity index (χ1) is 11.8. The zero-order valence-corrected chi connectivity index (χ0v) is 15.3. The zero-order chi connectivity index (χ0) is 18.0. The molecule has 3 atom stereocenters. The molecule has 2 aliphatic heterocycles. The van der Waals surface area contributed by atoms with E-state index in [-0.39, 0.29) is 23.5 Å². The Bertz CT molecular complexity index is 647. The number of amides is 3. The summed E-state index contributed by atoms with van der Waals surface area (Å²) in [5.41, 5.74) is 1.07. The predicted molar refractivity (Wildman–Crippen MR) is 97.5 cm³/mol. The molecule has 0 spiro atoms. The van der Waals surface area contributed by atoms with Gasteiger partial charge >= 0.3 is 6.03 Å². The minimum atomic E-state index is -0.531. The largest absolute Gasteiger partial charge is 0.347 e. The summed E-state index contributed by atoms with van der Waals surface area (Å²) in [6.45, 7) is 5.59. The van der Waals surface area contributed by atoms with Gasteiger partial charge in [0.15, 0.2) is 0 Å². The van der Waals surface area contributed by atoms with Crippen LogP contribution in [0, 0.1) is 5.92 Å². The van der Waals surface area contributed by atoms with Crippen molar-refractivity contribution in [3.63, 3.8) is 0 Å². The Morgan fingerprint density at radius 1 is 1.32 bits per heavy atom. The van der Waals surface area contributed by atoms with Crippen molar-refractivity contribution >= 4 is 23.5 Å². The van der Waals surface area contributed by atoms with Gasteiger partial charge in [-0.2, -0.15) is 0 Å². The molecule has 2 heterocycles. The third-order valence-electron chi connectivity index (χ3n) is 4.98. The quantitative estimate of drug-likeness (QED) is 0.659. The lowest BCUT2D eigenvalue weighted by atomic mass is 9.78. The number of nitrogens with one attached hydrogen (secondary N) is 4. The third kappa shape index (κ3) is 4.44. The van der Waals surface area contributed by atoms with Gasteiger partial charge in [-0.3, -0.25) is 4.79 Å². The molecule has 2 unspecified atom stereocenters. The molecule has 6 nitrogen and oxygen atoms in total. The molecule has 1 aromatic rings. The van der Waals surface area contributed by atoms with Crippen LogP contribution in [0.15, 0.2) is 24.3 Å². The summed E-state index contributed by atoms with van der Waals surface area (Å²) in [5.74, 6) is 0.154. The van der Waals surface area contributed by atoms with Crippen molar-refractivity contribution in [1.82, 2.24) is 21.3 Å². The van der Waals surface area contributed by atoms with Crippen LogP contribution in [0.3, 0.4) is 0 Å². The van der Waals surface area contributed by atoms with Crippen LogP contribution in [0.4, 0.5) is 4.79 Å². The molecular weight excluding hydrogens is 340 g/mol. The lowest BCUT2D eigenvalue weighted by Crippen LogP contribution is -2.51. The molecule has 2 aliphatic rings. The van der Waals surface area contributed by atoms with Gasteiger partial charge in [0.05, 0.1) is 6.04 Å². The van der Waals surface area contributed by atoms with Crippen molar-refractivity contribution in [1.29, 1.82) is 0 Å². The molecule has 136 valence electrons. The predicted octanol–water partition coefficient (Wildman–Crippen LogP) is 1.96. The van der Waals surface area contributed by atoms with E-state index in [4.69, 9.17) is 11.6 Å². The molecule has 0 aromatic heterocycles. The highest BCUT2D eigenvalue weighted by atomic mass is 35.5. The Balaban J connectivity index is 1.80. The average molecular weight is 365 g/mol.